The molecule has 11 heteroatoms. The maximum atomic E-state index is 13.8. The van der Waals surface area contributed by atoms with Crippen LogP contribution in [0.3, 0.4) is 0 Å². The molecule has 3 aromatic rings. The molecule has 3 aromatic carbocycles. The highest BCUT2D eigenvalue weighted by atomic mass is 32.2. The number of aryl methyl sites for hydroxylation is 1. The maximum Gasteiger partial charge on any atom is 0.271 e. The molecule has 0 spiro atoms. The lowest BCUT2D eigenvalue weighted by Gasteiger charge is -2.32. The number of non-ortho nitro benzene ring substituents is 1. The number of carbonyl (C=O) groups is 2. The largest absolute Gasteiger partial charge is 0.355 e. The van der Waals surface area contributed by atoms with Crippen LogP contribution in [0.5, 0.6) is 0 Å². The molecule has 0 aliphatic carbocycles. The molecule has 1 N–H and O–H groups in total. The van der Waals surface area contributed by atoms with Crippen molar-refractivity contribution in [3.63, 3.8) is 0 Å². The molecule has 3 rings (SSSR count). The topological polar surface area (TPSA) is 130 Å². The van der Waals surface area contributed by atoms with E-state index in [0.29, 0.717) is 6.54 Å². The van der Waals surface area contributed by atoms with E-state index < -0.39 is 33.4 Å². The van der Waals surface area contributed by atoms with Gasteiger partial charge in [-0.2, -0.15) is 0 Å². The monoisotopic (exact) mass is 538 g/mol. The minimum atomic E-state index is -4.30. The molecule has 10 nitrogen and oxygen atoms in total. The molecule has 0 aliphatic rings. The predicted octanol–water partition coefficient (Wildman–Crippen LogP) is 3.65. The summed E-state index contributed by atoms with van der Waals surface area (Å²) in [6.45, 7) is 4.98. The molecular formula is C27H30N4O6S. The third-order valence-corrected chi connectivity index (χ3v) is 7.68. The molecule has 0 heterocycles. The average Bonchev–Trinajstić information content (AvgIpc) is 2.90. The van der Waals surface area contributed by atoms with Gasteiger partial charge in [0, 0.05) is 25.2 Å². The highest BCUT2D eigenvalue weighted by Gasteiger charge is 2.33. The summed E-state index contributed by atoms with van der Waals surface area (Å²) in [6.07, 6.45) is 0. The van der Waals surface area contributed by atoms with Crippen LogP contribution in [0.4, 0.5) is 11.4 Å². The van der Waals surface area contributed by atoms with Crippen LogP contribution in [0, 0.1) is 17.0 Å². The zero-order valence-electron chi connectivity index (χ0n) is 21.4. The van der Waals surface area contributed by atoms with Gasteiger partial charge < -0.3 is 10.2 Å². The fourth-order valence-electron chi connectivity index (χ4n) is 3.92. The summed E-state index contributed by atoms with van der Waals surface area (Å²) in [4.78, 5) is 38.5. The molecular weight excluding hydrogens is 508 g/mol. The predicted molar refractivity (Wildman–Crippen MR) is 144 cm³/mol. The van der Waals surface area contributed by atoms with Gasteiger partial charge in [0.1, 0.15) is 12.6 Å². The Bertz CT molecular complexity index is 1410. The van der Waals surface area contributed by atoms with Crippen LogP contribution in [0.25, 0.3) is 0 Å². The van der Waals surface area contributed by atoms with E-state index in [0.717, 1.165) is 21.5 Å². The number of carbonyl (C=O) groups excluding carboxylic acids is 2. The first kappa shape index (κ1) is 28.3. The summed E-state index contributed by atoms with van der Waals surface area (Å²) in [5, 5.41) is 14.1. The number of nitrogens with one attached hydrogen (secondary N) is 1. The van der Waals surface area contributed by atoms with Gasteiger partial charge in [-0.1, -0.05) is 54.1 Å². The molecule has 200 valence electrons. The van der Waals surface area contributed by atoms with Crippen LogP contribution in [0.1, 0.15) is 25.0 Å². The van der Waals surface area contributed by atoms with E-state index in [1.807, 2.05) is 31.2 Å². The smallest absolute Gasteiger partial charge is 0.271 e. The lowest BCUT2D eigenvalue weighted by molar-refractivity contribution is -0.384. The second-order valence-corrected chi connectivity index (χ2v) is 10.5. The first-order chi connectivity index (χ1) is 18.0. The van der Waals surface area contributed by atoms with E-state index in [-0.39, 0.29) is 28.7 Å². The van der Waals surface area contributed by atoms with Gasteiger partial charge in [0.2, 0.25) is 11.8 Å². The van der Waals surface area contributed by atoms with Crippen molar-refractivity contribution in [2.24, 2.45) is 0 Å². The van der Waals surface area contributed by atoms with Crippen LogP contribution in [0.15, 0.2) is 83.8 Å². The van der Waals surface area contributed by atoms with Crippen molar-refractivity contribution < 1.29 is 22.9 Å². The average molecular weight is 539 g/mol. The van der Waals surface area contributed by atoms with Crippen LogP contribution < -0.4 is 9.62 Å². The Labute approximate surface area is 222 Å². The quantitative estimate of drug-likeness (QED) is 0.293. The van der Waals surface area contributed by atoms with E-state index in [4.69, 9.17) is 0 Å². The van der Waals surface area contributed by atoms with Crippen molar-refractivity contribution in [1.29, 1.82) is 0 Å². The van der Waals surface area contributed by atoms with Crippen molar-refractivity contribution in [1.82, 2.24) is 10.2 Å². The number of nitrogens with zero attached hydrogens (tertiary/aromatic N) is 3. The summed E-state index contributed by atoms with van der Waals surface area (Å²) in [5.74, 6) is -1.03. The Balaban J connectivity index is 2.06. The molecule has 0 aromatic heterocycles. The number of sulfonamides is 1. The van der Waals surface area contributed by atoms with E-state index in [2.05, 4.69) is 5.32 Å². The van der Waals surface area contributed by atoms with Crippen molar-refractivity contribution in [2.45, 2.75) is 38.3 Å². The Kier molecular flexibility index (Phi) is 9.19. The van der Waals surface area contributed by atoms with E-state index in [1.165, 1.54) is 35.2 Å². The lowest BCUT2D eigenvalue weighted by atomic mass is 10.1. The molecule has 38 heavy (non-hydrogen) atoms. The fourth-order valence-corrected chi connectivity index (χ4v) is 5.35. The van der Waals surface area contributed by atoms with Crippen LogP contribution in [0.2, 0.25) is 0 Å². The number of hydrogen-bond donors (Lipinski definition) is 1. The van der Waals surface area contributed by atoms with Gasteiger partial charge in [0.15, 0.2) is 0 Å². The number of nitro benzene ring substituents is 1. The van der Waals surface area contributed by atoms with Gasteiger partial charge in [0.05, 0.1) is 15.5 Å². The van der Waals surface area contributed by atoms with Gasteiger partial charge in [-0.25, -0.2) is 8.42 Å². The summed E-state index contributed by atoms with van der Waals surface area (Å²) in [7, 11) is -4.30. The van der Waals surface area contributed by atoms with Gasteiger partial charge >= 0.3 is 0 Å². The summed E-state index contributed by atoms with van der Waals surface area (Å²) >= 11 is 0. The molecule has 0 unspecified atom stereocenters. The molecule has 0 fully saturated rings. The minimum absolute atomic E-state index is 0.0439. The van der Waals surface area contributed by atoms with Crippen molar-refractivity contribution in [2.75, 3.05) is 17.4 Å². The first-order valence-corrected chi connectivity index (χ1v) is 13.4. The summed E-state index contributed by atoms with van der Waals surface area (Å²) in [6, 6.07) is 19.1. The molecule has 0 bridgehead atoms. The van der Waals surface area contributed by atoms with Gasteiger partial charge in [0.25, 0.3) is 15.7 Å². The van der Waals surface area contributed by atoms with Gasteiger partial charge in [-0.3, -0.25) is 24.0 Å². The molecule has 2 amide bonds. The third-order valence-electron chi connectivity index (χ3n) is 5.89. The van der Waals surface area contributed by atoms with Gasteiger partial charge in [-0.05, 0) is 44.5 Å². The number of benzene rings is 3. The fraction of sp³-hybridized carbons (Fsp3) is 0.259. The number of nitro groups is 1. The summed E-state index contributed by atoms with van der Waals surface area (Å²) in [5.41, 5.74) is 1.36. The number of likely N-dealkylation sites (N-methyl/N-ethyl adjacent to an activating group) is 1. The van der Waals surface area contributed by atoms with Crippen molar-refractivity contribution in [3.8, 4) is 0 Å². The van der Waals surface area contributed by atoms with E-state index in [9.17, 15) is 28.1 Å². The Morgan fingerprint density at radius 3 is 2.32 bits per heavy atom. The maximum absolute atomic E-state index is 13.8. The normalized spacial score (nSPS) is 11.9. The second kappa shape index (κ2) is 12.3. The second-order valence-electron chi connectivity index (χ2n) is 8.68. The highest BCUT2D eigenvalue weighted by molar-refractivity contribution is 7.92. The van der Waals surface area contributed by atoms with Crippen molar-refractivity contribution in [3.05, 3.63) is 100 Å². The van der Waals surface area contributed by atoms with Crippen LogP contribution >= 0.6 is 0 Å². The van der Waals surface area contributed by atoms with Crippen LogP contribution in [-0.4, -0.2) is 49.2 Å². The zero-order chi connectivity index (χ0) is 27.9. The highest BCUT2D eigenvalue weighted by Crippen LogP contribution is 2.27. The SMILES string of the molecule is CCNC(=O)[C@@H](C)N(Cc1cccc(C)c1)C(=O)CN(c1cccc([N+](=O)[O-])c1)S(=O)(=O)c1ccccc1. The lowest BCUT2D eigenvalue weighted by Crippen LogP contribution is -2.51. The van der Waals surface area contributed by atoms with E-state index >= 15 is 0 Å². The summed E-state index contributed by atoms with van der Waals surface area (Å²) < 4.78 is 28.2. The van der Waals surface area contributed by atoms with E-state index in [1.54, 1.807) is 32.0 Å². The number of hydrogen-bond acceptors (Lipinski definition) is 6. The Morgan fingerprint density at radius 1 is 1.00 bits per heavy atom. The zero-order valence-corrected chi connectivity index (χ0v) is 22.2. The minimum Gasteiger partial charge on any atom is -0.355 e. The number of rotatable bonds is 11. The van der Waals surface area contributed by atoms with Crippen LogP contribution in [-0.2, 0) is 26.2 Å². The standard InChI is InChI=1S/C27H30N4O6S/c1-4-28-27(33)21(3)29(18-22-11-8-10-20(2)16-22)26(32)19-30(23-12-9-13-24(17-23)31(34)35)38(36,37)25-14-6-5-7-15-25/h5-17,21H,4,18-19H2,1-3H3,(H,28,33)/t21-/m1/s1. The molecule has 0 radical (unpaired) electrons. The molecule has 0 aliphatic heterocycles. The first-order valence-electron chi connectivity index (χ1n) is 12.0. The van der Waals surface area contributed by atoms with Gasteiger partial charge in [-0.15, -0.1) is 0 Å². The third kappa shape index (κ3) is 6.74. The molecule has 0 saturated carbocycles. The number of anilines is 1. The molecule has 1 atom stereocenters. The number of amides is 2. The van der Waals surface area contributed by atoms with Crippen molar-refractivity contribution >= 4 is 33.2 Å². The molecule has 0 saturated heterocycles. The Morgan fingerprint density at radius 2 is 1.68 bits per heavy atom. The Hall–Kier alpha value is -4.25.